The number of alkyl carbamates (subject to hydrolysis) is 1. The van der Waals surface area contributed by atoms with Gasteiger partial charge in [0.05, 0.1) is 0 Å². The van der Waals surface area contributed by atoms with Gasteiger partial charge in [-0.05, 0) is 39.9 Å². The minimum Gasteiger partial charge on any atom is -0.482 e. The van der Waals surface area contributed by atoms with Crippen molar-refractivity contribution in [2.45, 2.75) is 18.1 Å². The van der Waals surface area contributed by atoms with Gasteiger partial charge in [0.25, 0.3) is 0 Å². The van der Waals surface area contributed by atoms with Gasteiger partial charge in [-0.3, -0.25) is 0 Å². The first-order valence-corrected chi connectivity index (χ1v) is 10.8. The van der Waals surface area contributed by atoms with Gasteiger partial charge in [-0.25, -0.2) is 9.59 Å². The van der Waals surface area contributed by atoms with Crippen LogP contribution in [0, 0.1) is 0 Å². The first-order valence-electron chi connectivity index (χ1n) is 10.8. The summed E-state index contributed by atoms with van der Waals surface area (Å²) in [5.74, 6) is -0.848. The van der Waals surface area contributed by atoms with E-state index in [1.54, 1.807) is 0 Å². The molecule has 0 spiro atoms. The van der Waals surface area contributed by atoms with Crippen LogP contribution in [0.5, 0.6) is 5.75 Å². The molecule has 0 radical (unpaired) electrons. The maximum absolute atomic E-state index is 12.3. The zero-order valence-corrected chi connectivity index (χ0v) is 18.3. The summed E-state index contributed by atoms with van der Waals surface area (Å²) in [5, 5.41) is 31.8. The third-order valence-corrected chi connectivity index (χ3v) is 5.75. The average molecular weight is 463 g/mol. The molecule has 8 nitrogen and oxygen atoms in total. The number of carbonyl (C=O) groups excluding carboxylic acids is 1. The number of aliphatic hydroxyl groups is 2. The third kappa shape index (κ3) is 5.19. The number of amides is 1. The van der Waals surface area contributed by atoms with E-state index in [1.807, 2.05) is 36.4 Å². The lowest BCUT2D eigenvalue weighted by Crippen LogP contribution is -2.36. The van der Waals surface area contributed by atoms with Gasteiger partial charge in [-0.15, -0.1) is 0 Å². The van der Waals surface area contributed by atoms with E-state index >= 15 is 0 Å². The first kappa shape index (κ1) is 23.3. The zero-order chi connectivity index (χ0) is 24.1. The van der Waals surface area contributed by atoms with Gasteiger partial charge in [0, 0.05) is 12.5 Å². The van der Waals surface area contributed by atoms with E-state index in [2.05, 4.69) is 17.4 Å². The Hall–Kier alpha value is -3.88. The number of hydrogen-bond acceptors (Lipinski definition) is 6. The molecule has 0 bridgehead atoms. The summed E-state index contributed by atoms with van der Waals surface area (Å²) in [6.45, 7) is -0.542. The van der Waals surface area contributed by atoms with Gasteiger partial charge in [0.1, 0.15) is 24.6 Å². The van der Waals surface area contributed by atoms with E-state index in [4.69, 9.17) is 14.6 Å². The Kier molecular flexibility index (Phi) is 7.10. The number of aliphatic carboxylic acids is 1. The average Bonchev–Trinajstić information content (AvgIpc) is 3.18. The molecule has 2 atom stereocenters. The van der Waals surface area contributed by atoms with Crippen LogP contribution in [0.4, 0.5) is 4.79 Å². The van der Waals surface area contributed by atoms with E-state index in [9.17, 15) is 19.8 Å². The molecule has 176 valence electrons. The second kappa shape index (κ2) is 10.4. The Morgan fingerprint density at radius 1 is 0.882 bits per heavy atom. The van der Waals surface area contributed by atoms with E-state index in [0.717, 1.165) is 22.3 Å². The summed E-state index contributed by atoms with van der Waals surface area (Å²) in [6.07, 6.45) is -3.22. The molecule has 1 aliphatic carbocycles. The molecule has 4 N–H and O–H groups in total. The van der Waals surface area contributed by atoms with Crippen molar-refractivity contribution in [3.05, 3.63) is 89.5 Å². The quantitative estimate of drug-likeness (QED) is 0.384. The minimum absolute atomic E-state index is 0.0736. The summed E-state index contributed by atoms with van der Waals surface area (Å²) in [7, 11) is 0. The number of hydrogen-bond donors (Lipinski definition) is 4. The predicted molar refractivity (Wildman–Crippen MR) is 124 cm³/mol. The lowest BCUT2D eigenvalue weighted by atomic mass is 9.98. The number of carbonyl (C=O) groups is 2. The van der Waals surface area contributed by atoms with Crippen LogP contribution in [0.2, 0.25) is 0 Å². The molecule has 0 heterocycles. The molecule has 0 saturated carbocycles. The van der Waals surface area contributed by atoms with Gasteiger partial charge < -0.3 is 30.1 Å². The molecule has 0 saturated heterocycles. The van der Waals surface area contributed by atoms with Crippen LogP contribution in [0.25, 0.3) is 11.1 Å². The summed E-state index contributed by atoms with van der Waals surface area (Å²) in [5.41, 5.74) is 4.85. The third-order valence-electron chi connectivity index (χ3n) is 5.75. The fraction of sp³-hybridized carbons (Fsp3) is 0.231. The minimum atomic E-state index is -1.27. The molecule has 1 aliphatic rings. The highest BCUT2D eigenvalue weighted by atomic mass is 16.5. The van der Waals surface area contributed by atoms with Crippen LogP contribution in [-0.4, -0.2) is 53.2 Å². The largest absolute Gasteiger partial charge is 0.482 e. The normalized spacial score (nSPS) is 13.9. The Labute approximate surface area is 196 Å². The van der Waals surface area contributed by atoms with Crippen LogP contribution in [0.1, 0.15) is 28.7 Å². The van der Waals surface area contributed by atoms with E-state index in [0.29, 0.717) is 11.3 Å². The number of rotatable bonds is 9. The number of nitrogens with one attached hydrogen (secondary N) is 1. The lowest BCUT2D eigenvalue weighted by molar-refractivity contribution is -0.139. The molecule has 3 aromatic carbocycles. The fourth-order valence-electron chi connectivity index (χ4n) is 4.08. The topological polar surface area (TPSA) is 125 Å². The number of ether oxygens (including phenoxy) is 2. The van der Waals surface area contributed by atoms with E-state index in [1.165, 1.54) is 24.3 Å². The number of aliphatic hydroxyl groups excluding tert-OH is 2. The van der Waals surface area contributed by atoms with E-state index in [-0.39, 0.29) is 19.1 Å². The predicted octanol–water partition coefficient (Wildman–Crippen LogP) is 3.08. The van der Waals surface area contributed by atoms with Gasteiger partial charge in [-0.1, -0.05) is 60.7 Å². The Morgan fingerprint density at radius 2 is 1.47 bits per heavy atom. The van der Waals surface area contributed by atoms with Crippen LogP contribution < -0.4 is 10.1 Å². The Morgan fingerprint density at radius 3 is 2.06 bits per heavy atom. The number of carboxylic acids is 1. The summed E-state index contributed by atoms with van der Waals surface area (Å²) in [4.78, 5) is 22.8. The lowest BCUT2D eigenvalue weighted by Gasteiger charge is -2.19. The van der Waals surface area contributed by atoms with Gasteiger partial charge in [0.15, 0.2) is 6.61 Å². The summed E-state index contributed by atoms with van der Waals surface area (Å²) < 4.78 is 10.5. The van der Waals surface area contributed by atoms with Crippen molar-refractivity contribution < 1.29 is 34.4 Å². The van der Waals surface area contributed by atoms with Crippen molar-refractivity contribution >= 4 is 12.1 Å². The van der Waals surface area contributed by atoms with Crippen LogP contribution in [-0.2, 0) is 9.53 Å². The van der Waals surface area contributed by atoms with Crippen molar-refractivity contribution in [3.63, 3.8) is 0 Å². The number of carboxylic acid groups (broad SMARTS) is 1. The van der Waals surface area contributed by atoms with E-state index < -0.39 is 30.9 Å². The number of benzene rings is 3. The second-order valence-electron chi connectivity index (χ2n) is 7.97. The van der Waals surface area contributed by atoms with Gasteiger partial charge >= 0.3 is 12.1 Å². The van der Waals surface area contributed by atoms with Gasteiger partial charge in [0.2, 0.25) is 0 Å². The molecule has 3 aromatic rings. The van der Waals surface area contributed by atoms with Crippen molar-refractivity contribution in [2.75, 3.05) is 19.8 Å². The van der Waals surface area contributed by atoms with Crippen molar-refractivity contribution in [2.24, 2.45) is 0 Å². The SMILES string of the molecule is O=C(O)COc1ccc(C(O)C(O)CNC(=O)OCC2c3ccccc3-c3ccccc32)cc1. The number of fused-ring (bicyclic) bond motifs is 3. The van der Waals surface area contributed by atoms with Crippen LogP contribution in [0.3, 0.4) is 0 Å². The van der Waals surface area contributed by atoms with Gasteiger partial charge in [-0.2, -0.15) is 0 Å². The van der Waals surface area contributed by atoms with Crippen molar-refractivity contribution in [1.29, 1.82) is 0 Å². The molecular formula is C26H25NO7. The summed E-state index contributed by atoms with van der Waals surface area (Å²) in [6, 6.07) is 22.0. The first-order chi connectivity index (χ1) is 16.4. The molecule has 2 unspecified atom stereocenters. The highest BCUT2D eigenvalue weighted by Gasteiger charge is 2.29. The maximum Gasteiger partial charge on any atom is 0.407 e. The zero-order valence-electron chi connectivity index (χ0n) is 18.3. The Balaban J connectivity index is 1.28. The molecule has 0 aromatic heterocycles. The van der Waals surface area contributed by atoms with Crippen molar-refractivity contribution in [1.82, 2.24) is 5.32 Å². The summed E-state index contributed by atoms with van der Waals surface area (Å²) >= 11 is 0. The molecule has 8 heteroatoms. The van der Waals surface area contributed by atoms with Crippen molar-refractivity contribution in [3.8, 4) is 16.9 Å². The molecule has 1 amide bonds. The fourth-order valence-corrected chi connectivity index (χ4v) is 4.08. The molecule has 4 rings (SSSR count). The monoisotopic (exact) mass is 463 g/mol. The smallest absolute Gasteiger partial charge is 0.407 e. The molecular weight excluding hydrogens is 438 g/mol. The van der Waals surface area contributed by atoms with Crippen LogP contribution in [0.15, 0.2) is 72.8 Å². The van der Waals surface area contributed by atoms with Crippen LogP contribution >= 0.6 is 0 Å². The Bertz CT molecular complexity index is 1120. The maximum atomic E-state index is 12.3. The highest BCUT2D eigenvalue weighted by Crippen LogP contribution is 2.44. The standard InChI is InChI=1S/C26H25NO7/c28-23(25(31)16-9-11-17(12-10-16)33-15-24(29)30)13-27-26(32)34-14-22-20-7-3-1-5-18(20)19-6-2-4-8-21(19)22/h1-12,22-23,25,28,31H,13-15H2,(H,27,32)(H,29,30). The molecule has 0 fully saturated rings. The second-order valence-corrected chi connectivity index (χ2v) is 7.97. The molecule has 0 aliphatic heterocycles. The molecule has 34 heavy (non-hydrogen) atoms. The highest BCUT2D eigenvalue weighted by molar-refractivity contribution is 5.79.